The van der Waals surface area contributed by atoms with Crippen molar-refractivity contribution in [2.45, 2.75) is 18.4 Å². The predicted octanol–water partition coefficient (Wildman–Crippen LogP) is 3.73. The summed E-state index contributed by atoms with van der Waals surface area (Å²) in [6.07, 6.45) is 0. The molecule has 0 aliphatic rings. The Hall–Kier alpha value is -3.32. The molecule has 0 saturated heterocycles. The molecular formula is C22H22N2O4S. The molecule has 0 bridgehead atoms. The number of aryl methyl sites for hydroxylation is 1. The fourth-order valence-corrected chi connectivity index (χ4v) is 3.85. The van der Waals surface area contributed by atoms with Crippen LogP contribution in [0.25, 0.3) is 0 Å². The molecule has 3 aromatic rings. The van der Waals surface area contributed by atoms with Crippen molar-refractivity contribution in [3.8, 4) is 5.75 Å². The van der Waals surface area contributed by atoms with Gasteiger partial charge in [0.2, 0.25) is 0 Å². The molecule has 3 aromatic carbocycles. The number of ether oxygens (including phenoxy) is 1. The largest absolute Gasteiger partial charge is 0.497 e. The summed E-state index contributed by atoms with van der Waals surface area (Å²) >= 11 is 0. The van der Waals surface area contributed by atoms with Crippen molar-refractivity contribution in [3.05, 3.63) is 89.5 Å². The summed E-state index contributed by atoms with van der Waals surface area (Å²) in [6, 6.07) is 20.4. The van der Waals surface area contributed by atoms with Gasteiger partial charge >= 0.3 is 0 Å². The highest BCUT2D eigenvalue weighted by molar-refractivity contribution is 7.92. The van der Waals surface area contributed by atoms with Gasteiger partial charge in [0.15, 0.2) is 0 Å². The quantitative estimate of drug-likeness (QED) is 0.622. The third kappa shape index (κ3) is 5.14. The van der Waals surface area contributed by atoms with E-state index in [1.165, 1.54) is 12.1 Å². The molecule has 1 amide bonds. The number of methoxy groups -OCH3 is 1. The van der Waals surface area contributed by atoms with E-state index in [2.05, 4.69) is 10.0 Å². The second-order valence-corrected chi connectivity index (χ2v) is 8.16. The minimum Gasteiger partial charge on any atom is -0.497 e. The number of anilines is 1. The SMILES string of the molecule is COc1ccc(CNC(=O)c2ccc(C)c(NS(=O)(=O)c3ccccc3)c2)cc1. The summed E-state index contributed by atoms with van der Waals surface area (Å²) in [4.78, 5) is 12.7. The first-order valence-corrected chi connectivity index (χ1v) is 10.5. The van der Waals surface area contributed by atoms with E-state index in [4.69, 9.17) is 4.74 Å². The Morgan fingerprint density at radius 2 is 1.66 bits per heavy atom. The third-order valence-corrected chi connectivity index (χ3v) is 5.79. The van der Waals surface area contributed by atoms with Crippen molar-refractivity contribution in [1.29, 1.82) is 0 Å². The third-order valence-electron chi connectivity index (χ3n) is 4.41. The van der Waals surface area contributed by atoms with E-state index in [1.807, 2.05) is 24.3 Å². The molecule has 0 saturated carbocycles. The number of hydrogen-bond donors (Lipinski definition) is 2. The Kier molecular flexibility index (Phi) is 6.19. The lowest BCUT2D eigenvalue weighted by Gasteiger charge is -2.13. The molecule has 29 heavy (non-hydrogen) atoms. The van der Waals surface area contributed by atoms with Gasteiger partial charge in [-0.25, -0.2) is 8.42 Å². The van der Waals surface area contributed by atoms with Crippen molar-refractivity contribution >= 4 is 21.6 Å². The first-order chi connectivity index (χ1) is 13.9. The van der Waals surface area contributed by atoms with Crippen LogP contribution in [0.5, 0.6) is 5.75 Å². The maximum atomic E-state index is 12.6. The fourth-order valence-electron chi connectivity index (χ4n) is 2.70. The Morgan fingerprint density at radius 3 is 2.31 bits per heavy atom. The smallest absolute Gasteiger partial charge is 0.261 e. The van der Waals surface area contributed by atoms with Gasteiger partial charge in [-0.15, -0.1) is 0 Å². The molecule has 0 aliphatic carbocycles. The second-order valence-electron chi connectivity index (χ2n) is 6.48. The Bertz CT molecular complexity index is 1100. The lowest BCUT2D eigenvalue weighted by Crippen LogP contribution is -2.23. The highest BCUT2D eigenvalue weighted by Crippen LogP contribution is 2.21. The second kappa shape index (κ2) is 8.79. The van der Waals surface area contributed by atoms with E-state index < -0.39 is 10.0 Å². The van der Waals surface area contributed by atoms with Crippen LogP contribution in [0.15, 0.2) is 77.7 Å². The standard InChI is InChI=1S/C22H22N2O4S/c1-16-8-11-18(22(25)23-15-17-9-12-19(28-2)13-10-17)14-21(16)24-29(26,27)20-6-4-3-5-7-20/h3-14,24H,15H2,1-2H3,(H,23,25). The van der Waals surface area contributed by atoms with E-state index in [0.717, 1.165) is 16.9 Å². The molecule has 0 spiro atoms. The molecule has 3 rings (SSSR count). The zero-order valence-electron chi connectivity index (χ0n) is 16.2. The van der Waals surface area contributed by atoms with Gasteiger partial charge in [-0.1, -0.05) is 36.4 Å². The van der Waals surface area contributed by atoms with Crippen LogP contribution in [0.2, 0.25) is 0 Å². The monoisotopic (exact) mass is 410 g/mol. The van der Waals surface area contributed by atoms with Crippen LogP contribution in [0, 0.1) is 6.92 Å². The van der Waals surface area contributed by atoms with Crippen LogP contribution in [-0.4, -0.2) is 21.4 Å². The Morgan fingerprint density at radius 1 is 0.966 bits per heavy atom. The van der Waals surface area contributed by atoms with Crippen LogP contribution in [-0.2, 0) is 16.6 Å². The molecule has 150 valence electrons. The van der Waals surface area contributed by atoms with Gasteiger partial charge in [0.1, 0.15) is 5.75 Å². The molecule has 0 atom stereocenters. The van der Waals surface area contributed by atoms with Gasteiger partial charge in [0.05, 0.1) is 17.7 Å². The van der Waals surface area contributed by atoms with Gasteiger partial charge in [-0.05, 0) is 54.4 Å². The summed E-state index contributed by atoms with van der Waals surface area (Å²) in [5.74, 6) is 0.454. The maximum absolute atomic E-state index is 12.6. The summed E-state index contributed by atoms with van der Waals surface area (Å²) in [7, 11) is -2.14. The highest BCUT2D eigenvalue weighted by Gasteiger charge is 2.16. The number of hydrogen-bond acceptors (Lipinski definition) is 4. The number of rotatable bonds is 7. The summed E-state index contributed by atoms with van der Waals surface area (Å²) < 4.78 is 32.8. The van der Waals surface area contributed by atoms with Crippen LogP contribution < -0.4 is 14.8 Å². The van der Waals surface area contributed by atoms with Crippen LogP contribution in [0.4, 0.5) is 5.69 Å². The van der Waals surface area contributed by atoms with Gasteiger partial charge in [-0.3, -0.25) is 9.52 Å². The Labute approximate surface area is 170 Å². The molecule has 7 heteroatoms. The molecule has 2 N–H and O–H groups in total. The number of carbonyl (C=O) groups excluding carboxylic acids is 1. The molecule has 0 radical (unpaired) electrons. The van der Waals surface area contributed by atoms with E-state index in [1.54, 1.807) is 50.4 Å². The molecule has 0 unspecified atom stereocenters. The van der Waals surface area contributed by atoms with E-state index in [-0.39, 0.29) is 10.8 Å². The van der Waals surface area contributed by atoms with Gasteiger partial charge in [0, 0.05) is 12.1 Å². The minimum atomic E-state index is -3.73. The fraction of sp³-hybridized carbons (Fsp3) is 0.136. The normalized spacial score (nSPS) is 11.0. The van der Waals surface area contributed by atoms with E-state index in [9.17, 15) is 13.2 Å². The van der Waals surface area contributed by atoms with Gasteiger partial charge in [0.25, 0.3) is 15.9 Å². The first-order valence-electron chi connectivity index (χ1n) is 8.99. The van der Waals surface area contributed by atoms with Crippen LogP contribution in [0.1, 0.15) is 21.5 Å². The summed E-state index contributed by atoms with van der Waals surface area (Å²) in [5, 5.41) is 2.84. The van der Waals surface area contributed by atoms with Crippen molar-refractivity contribution < 1.29 is 17.9 Å². The number of amides is 1. The zero-order valence-corrected chi connectivity index (χ0v) is 17.0. The van der Waals surface area contributed by atoms with Crippen molar-refractivity contribution in [1.82, 2.24) is 5.32 Å². The number of benzene rings is 3. The number of carbonyl (C=O) groups is 1. The lowest BCUT2D eigenvalue weighted by molar-refractivity contribution is 0.0951. The Balaban J connectivity index is 1.73. The number of nitrogens with one attached hydrogen (secondary N) is 2. The predicted molar refractivity (Wildman–Crippen MR) is 113 cm³/mol. The summed E-state index contributed by atoms with van der Waals surface area (Å²) in [6.45, 7) is 2.13. The molecular weight excluding hydrogens is 388 g/mol. The zero-order chi connectivity index (χ0) is 20.9. The molecule has 0 aromatic heterocycles. The lowest BCUT2D eigenvalue weighted by atomic mass is 10.1. The van der Waals surface area contributed by atoms with Gasteiger partial charge in [-0.2, -0.15) is 0 Å². The van der Waals surface area contributed by atoms with Crippen molar-refractivity contribution in [3.63, 3.8) is 0 Å². The van der Waals surface area contributed by atoms with E-state index >= 15 is 0 Å². The van der Waals surface area contributed by atoms with E-state index in [0.29, 0.717) is 17.8 Å². The average Bonchev–Trinajstić information content (AvgIpc) is 2.74. The van der Waals surface area contributed by atoms with Crippen LogP contribution in [0.3, 0.4) is 0 Å². The molecule has 6 nitrogen and oxygen atoms in total. The van der Waals surface area contributed by atoms with Crippen LogP contribution >= 0.6 is 0 Å². The highest BCUT2D eigenvalue weighted by atomic mass is 32.2. The maximum Gasteiger partial charge on any atom is 0.261 e. The molecule has 0 fully saturated rings. The average molecular weight is 410 g/mol. The number of sulfonamides is 1. The topological polar surface area (TPSA) is 84.5 Å². The first kappa shape index (κ1) is 20.4. The molecule has 0 aliphatic heterocycles. The summed E-state index contributed by atoms with van der Waals surface area (Å²) in [5.41, 5.74) is 2.38. The van der Waals surface area contributed by atoms with Crippen molar-refractivity contribution in [2.75, 3.05) is 11.8 Å². The van der Waals surface area contributed by atoms with Gasteiger partial charge < -0.3 is 10.1 Å². The molecule has 0 heterocycles. The minimum absolute atomic E-state index is 0.161. The van der Waals surface area contributed by atoms with Crippen molar-refractivity contribution in [2.24, 2.45) is 0 Å².